The quantitative estimate of drug-likeness (QED) is 0.267. The predicted octanol–water partition coefficient (Wildman–Crippen LogP) is 8.56. The van der Waals surface area contributed by atoms with E-state index in [2.05, 4.69) is 127 Å². The number of benzene rings is 2. The summed E-state index contributed by atoms with van der Waals surface area (Å²) < 4.78 is 3.96. The Labute approximate surface area is 206 Å². The van der Waals surface area contributed by atoms with Crippen LogP contribution in [0, 0.1) is 0 Å². The molecule has 174 valence electrons. The number of hydrogen-bond donors (Lipinski definition) is 0. The van der Waals surface area contributed by atoms with Gasteiger partial charge in [0.05, 0.1) is 0 Å². The minimum absolute atomic E-state index is 1.03. The van der Waals surface area contributed by atoms with Gasteiger partial charge in [-0.25, -0.2) is 0 Å². The van der Waals surface area contributed by atoms with Crippen molar-refractivity contribution in [3.8, 4) is 11.1 Å². The Morgan fingerprint density at radius 2 is 0.688 bits per heavy atom. The van der Waals surface area contributed by atoms with E-state index in [1.807, 2.05) is 4.35 Å². The number of fused-ring (bicyclic) bond motifs is 3. The average molecular weight is 556 g/mol. The molecule has 0 heterocycles. The molecule has 3 rings (SSSR count). The molecule has 2 aromatic rings. The fourth-order valence-electron chi connectivity index (χ4n) is 7.25. The summed E-state index contributed by atoms with van der Waals surface area (Å²) in [5.41, 5.74) is 6.26. The normalized spacial score (nSPS) is 14.8. The van der Waals surface area contributed by atoms with E-state index in [0.717, 1.165) is 7.99 Å². The summed E-state index contributed by atoms with van der Waals surface area (Å²) in [6, 6.07) is 18.9. The first-order valence-electron chi connectivity index (χ1n) is 12.4. The van der Waals surface area contributed by atoms with Crippen molar-refractivity contribution < 1.29 is 0 Å². The van der Waals surface area contributed by atoms with Crippen LogP contribution < -0.4 is 0 Å². The molecule has 0 N–H and O–H groups in total. The van der Waals surface area contributed by atoms with E-state index in [1.165, 1.54) is 11.1 Å². The molecule has 0 saturated heterocycles. The molecule has 0 atom stereocenters. The van der Waals surface area contributed by atoms with Crippen molar-refractivity contribution >= 4 is 50.6 Å². The van der Waals surface area contributed by atoms with Crippen molar-refractivity contribution in [3.63, 3.8) is 0 Å². The first-order valence-corrected chi connectivity index (χ1v) is 30.2. The zero-order valence-corrected chi connectivity index (χ0v) is 28.9. The van der Waals surface area contributed by atoms with Crippen LogP contribution in [0.5, 0.6) is 0 Å². The first kappa shape index (κ1) is 26.3. The van der Waals surface area contributed by atoms with Crippen LogP contribution in [0.1, 0.15) is 11.1 Å². The van der Waals surface area contributed by atoms with Gasteiger partial charge in [-0.2, -0.15) is 0 Å². The third-order valence-electron chi connectivity index (χ3n) is 7.06. The van der Waals surface area contributed by atoms with Gasteiger partial charge in [0.1, 0.15) is 0 Å². The van der Waals surface area contributed by atoms with Crippen molar-refractivity contribution in [2.45, 2.75) is 86.6 Å². The Bertz CT molecular complexity index is 918. The monoisotopic (exact) mass is 556 g/mol. The van der Waals surface area contributed by atoms with Gasteiger partial charge < -0.3 is 0 Å². The van der Waals surface area contributed by atoms with Gasteiger partial charge in [0.25, 0.3) is 0 Å². The molecule has 0 bridgehead atoms. The summed E-state index contributed by atoms with van der Waals surface area (Å²) in [5.74, 6) is 0. The third-order valence-corrected chi connectivity index (χ3v) is 57.6. The summed E-state index contributed by atoms with van der Waals surface area (Å²) >= 11 is -1.73. The van der Waals surface area contributed by atoms with E-state index >= 15 is 0 Å². The third kappa shape index (κ3) is 5.04. The van der Waals surface area contributed by atoms with E-state index in [-0.39, 0.29) is 0 Å². The van der Waals surface area contributed by atoms with Crippen LogP contribution in [0.25, 0.3) is 11.1 Å². The van der Waals surface area contributed by atoms with Gasteiger partial charge in [-0.1, -0.05) is 0 Å². The van der Waals surface area contributed by atoms with Gasteiger partial charge in [0, 0.05) is 0 Å². The molecule has 1 aliphatic rings. The second kappa shape index (κ2) is 8.74. The van der Waals surface area contributed by atoms with Gasteiger partial charge >= 0.3 is 208 Å². The zero-order valence-electron chi connectivity index (χ0n) is 22.8. The molecule has 0 fully saturated rings. The van der Waals surface area contributed by atoms with Crippen LogP contribution in [0.4, 0.5) is 0 Å². The van der Waals surface area contributed by atoms with Gasteiger partial charge in [-0.15, -0.1) is 0 Å². The molecule has 0 unspecified atom stereocenters. The van der Waals surface area contributed by atoms with Crippen molar-refractivity contribution in [3.05, 3.63) is 59.7 Å². The molecule has 0 saturated carbocycles. The van der Waals surface area contributed by atoms with Crippen LogP contribution in [0.2, 0.25) is 86.6 Å². The topological polar surface area (TPSA) is 0 Å². The SMILES string of the molecule is C[Si](C)(C)[CH]([Ge](=[C]1c2ccccc2-c2ccccc21)[CH]([Si](C)(C)C)[Si](C)(C)C)[Si](C)(C)C. The maximum absolute atomic E-state index is 2.71. The van der Waals surface area contributed by atoms with E-state index in [9.17, 15) is 0 Å². The van der Waals surface area contributed by atoms with Crippen molar-refractivity contribution in [1.82, 2.24) is 0 Å². The molecule has 5 heteroatoms. The second-order valence-corrected chi connectivity index (χ2v) is 46.9. The van der Waals surface area contributed by atoms with Crippen LogP contribution in [-0.2, 0) is 0 Å². The molecule has 1 aliphatic carbocycles. The summed E-state index contributed by atoms with van der Waals surface area (Å²) in [4.78, 5) is 0. The summed E-state index contributed by atoms with van der Waals surface area (Å²) in [6.45, 7) is 32.5. The van der Waals surface area contributed by atoms with Gasteiger partial charge in [0.2, 0.25) is 0 Å². The van der Waals surface area contributed by atoms with Crippen molar-refractivity contribution in [1.29, 1.82) is 0 Å². The molecule has 0 aliphatic heterocycles. The Morgan fingerprint density at radius 3 is 0.938 bits per heavy atom. The second-order valence-electron chi connectivity index (χ2n) is 14.3. The summed E-state index contributed by atoms with van der Waals surface area (Å²) in [6.07, 6.45) is 0. The maximum atomic E-state index is 2.71. The number of rotatable bonds is 6. The summed E-state index contributed by atoms with van der Waals surface area (Å²) in [7, 11) is -5.42. The van der Waals surface area contributed by atoms with Gasteiger partial charge in [0.15, 0.2) is 0 Å². The van der Waals surface area contributed by atoms with E-state index in [4.69, 9.17) is 0 Å². The Hall–Kier alpha value is -0.280. The predicted molar refractivity (Wildman–Crippen MR) is 162 cm³/mol. The zero-order chi connectivity index (χ0) is 24.3. The Balaban J connectivity index is 2.58. The Morgan fingerprint density at radius 1 is 0.438 bits per heavy atom. The molecule has 0 radical (unpaired) electrons. The average Bonchev–Trinajstić information content (AvgIpc) is 2.90. The number of hydrogen-bond acceptors (Lipinski definition) is 0. The Kier molecular flexibility index (Phi) is 7.19. The van der Waals surface area contributed by atoms with Crippen LogP contribution >= 0.6 is 0 Å². The molecular weight excluding hydrogens is 509 g/mol. The van der Waals surface area contributed by atoms with Gasteiger partial charge in [-0.05, 0) is 0 Å². The van der Waals surface area contributed by atoms with E-state index in [0.29, 0.717) is 0 Å². The van der Waals surface area contributed by atoms with Gasteiger partial charge in [-0.3, -0.25) is 0 Å². The fraction of sp³-hybridized carbons (Fsp3) is 0.519. The first-order chi connectivity index (χ1) is 14.5. The van der Waals surface area contributed by atoms with E-state index < -0.39 is 46.2 Å². The molecule has 32 heavy (non-hydrogen) atoms. The molecule has 0 spiro atoms. The van der Waals surface area contributed by atoms with E-state index in [1.54, 1.807) is 11.1 Å². The van der Waals surface area contributed by atoms with Crippen LogP contribution in [0.15, 0.2) is 48.5 Å². The fourth-order valence-corrected chi connectivity index (χ4v) is 69.3. The van der Waals surface area contributed by atoms with Crippen LogP contribution in [0.3, 0.4) is 0 Å². The standard InChI is InChI=1S/C27H46GeSi4/c1-29(2,3)26(30(4,5)6)28(27(31(7,8)9)32(10,11)12)25-23-19-15-13-17-21(23)22-18-14-16-20-24(22)25/h13-20,26-27H,1-12H3. The molecule has 2 aromatic carbocycles. The molecule has 0 amide bonds. The molecule has 0 aromatic heterocycles. The molecule has 0 nitrogen and oxygen atoms in total. The van der Waals surface area contributed by atoms with Crippen molar-refractivity contribution in [2.24, 2.45) is 0 Å². The van der Waals surface area contributed by atoms with Crippen LogP contribution in [-0.4, -0.2) is 50.6 Å². The molecular formula is C27H46GeSi4. The van der Waals surface area contributed by atoms with Crippen molar-refractivity contribution in [2.75, 3.05) is 0 Å². The minimum atomic E-state index is -1.73. The summed E-state index contributed by atoms with van der Waals surface area (Å²) in [5, 5.41) is 0.